The number of rotatable bonds is 5. The van der Waals surface area contributed by atoms with Crippen LogP contribution in [0.15, 0.2) is 52.3 Å². The standard InChI is InChI=1S/C14H15N3OS/c1-15-11(9-19-14-16-6-7-17-14)13-8-10-4-2-3-5-12(10)18-13/h2-8,11,15H,9H2,1H3,(H,16,17). The van der Waals surface area contributed by atoms with Crippen LogP contribution in [0.5, 0.6) is 0 Å². The molecule has 0 bridgehead atoms. The summed E-state index contributed by atoms with van der Waals surface area (Å²) < 4.78 is 5.88. The minimum Gasteiger partial charge on any atom is -0.459 e. The van der Waals surface area contributed by atoms with Crippen molar-refractivity contribution < 1.29 is 4.42 Å². The van der Waals surface area contributed by atoms with Crippen molar-refractivity contribution in [3.63, 3.8) is 0 Å². The van der Waals surface area contributed by atoms with Gasteiger partial charge in [0.1, 0.15) is 11.3 Å². The fourth-order valence-electron chi connectivity index (χ4n) is 1.97. The minimum absolute atomic E-state index is 0.169. The SMILES string of the molecule is CNC(CSc1ncc[nH]1)c1cc2ccccc2o1. The number of hydrogen-bond donors (Lipinski definition) is 2. The summed E-state index contributed by atoms with van der Waals surface area (Å²) in [5, 5.41) is 5.35. The topological polar surface area (TPSA) is 53.9 Å². The maximum Gasteiger partial charge on any atom is 0.165 e. The summed E-state index contributed by atoms with van der Waals surface area (Å²) in [5.74, 6) is 1.83. The highest BCUT2D eigenvalue weighted by atomic mass is 32.2. The Morgan fingerprint density at radius 1 is 1.42 bits per heavy atom. The molecule has 0 saturated carbocycles. The van der Waals surface area contributed by atoms with Crippen LogP contribution in [0.2, 0.25) is 0 Å². The van der Waals surface area contributed by atoms with E-state index < -0.39 is 0 Å². The summed E-state index contributed by atoms with van der Waals surface area (Å²) in [6, 6.07) is 10.3. The molecular formula is C14H15N3OS. The molecule has 0 radical (unpaired) electrons. The van der Waals surface area contributed by atoms with Gasteiger partial charge in [-0.25, -0.2) is 4.98 Å². The van der Waals surface area contributed by atoms with Crippen molar-refractivity contribution in [2.75, 3.05) is 12.8 Å². The van der Waals surface area contributed by atoms with E-state index in [0.717, 1.165) is 27.6 Å². The number of nitrogens with zero attached hydrogens (tertiary/aromatic N) is 1. The van der Waals surface area contributed by atoms with Crippen LogP contribution in [-0.2, 0) is 0 Å². The van der Waals surface area contributed by atoms with Gasteiger partial charge in [-0.1, -0.05) is 30.0 Å². The first-order valence-electron chi connectivity index (χ1n) is 6.15. The molecule has 2 N–H and O–H groups in total. The van der Waals surface area contributed by atoms with Crippen LogP contribution in [0, 0.1) is 0 Å². The van der Waals surface area contributed by atoms with Gasteiger partial charge in [-0.05, 0) is 19.2 Å². The number of aromatic nitrogens is 2. The van der Waals surface area contributed by atoms with Crippen molar-refractivity contribution in [3.05, 3.63) is 48.5 Å². The van der Waals surface area contributed by atoms with E-state index >= 15 is 0 Å². The lowest BCUT2D eigenvalue weighted by Gasteiger charge is -2.11. The number of nitrogens with one attached hydrogen (secondary N) is 2. The fraction of sp³-hybridized carbons (Fsp3) is 0.214. The number of imidazole rings is 1. The molecule has 2 aromatic heterocycles. The van der Waals surface area contributed by atoms with Gasteiger partial charge in [-0.15, -0.1) is 0 Å². The molecule has 1 unspecified atom stereocenters. The Labute approximate surface area is 115 Å². The number of aromatic amines is 1. The van der Waals surface area contributed by atoms with E-state index in [9.17, 15) is 0 Å². The second-order valence-electron chi connectivity index (χ2n) is 4.23. The second-order valence-corrected chi connectivity index (χ2v) is 5.24. The smallest absolute Gasteiger partial charge is 0.165 e. The van der Waals surface area contributed by atoms with E-state index in [1.54, 1.807) is 18.0 Å². The molecule has 3 rings (SSSR count). The van der Waals surface area contributed by atoms with Crippen LogP contribution < -0.4 is 5.32 Å². The molecule has 0 aliphatic heterocycles. The molecular weight excluding hydrogens is 258 g/mol. The van der Waals surface area contributed by atoms with Gasteiger partial charge < -0.3 is 14.7 Å². The lowest BCUT2D eigenvalue weighted by atomic mass is 10.2. The van der Waals surface area contributed by atoms with Gasteiger partial charge in [0, 0.05) is 23.5 Å². The Kier molecular flexibility index (Phi) is 3.57. The molecule has 0 aliphatic rings. The van der Waals surface area contributed by atoms with Crippen molar-refractivity contribution in [2.24, 2.45) is 0 Å². The van der Waals surface area contributed by atoms with Crippen LogP contribution in [-0.4, -0.2) is 22.8 Å². The molecule has 5 heteroatoms. The fourth-order valence-corrected chi connectivity index (χ4v) is 2.92. The van der Waals surface area contributed by atoms with Crippen molar-refractivity contribution >= 4 is 22.7 Å². The number of H-pyrrole nitrogens is 1. The van der Waals surface area contributed by atoms with E-state index in [2.05, 4.69) is 27.4 Å². The van der Waals surface area contributed by atoms with E-state index in [1.807, 2.05) is 31.4 Å². The molecule has 19 heavy (non-hydrogen) atoms. The average molecular weight is 273 g/mol. The molecule has 1 atom stereocenters. The van der Waals surface area contributed by atoms with Gasteiger partial charge in [-0.3, -0.25) is 0 Å². The van der Waals surface area contributed by atoms with Crippen LogP contribution in [0.1, 0.15) is 11.8 Å². The number of hydrogen-bond acceptors (Lipinski definition) is 4. The summed E-state index contributed by atoms with van der Waals surface area (Å²) in [5.41, 5.74) is 0.931. The Hall–Kier alpha value is -1.72. The van der Waals surface area contributed by atoms with Gasteiger partial charge in [-0.2, -0.15) is 0 Å². The summed E-state index contributed by atoms with van der Waals surface area (Å²) in [7, 11) is 1.94. The van der Waals surface area contributed by atoms with Crippen molar-refractivity contribution in [1.82, 2.24) is 15.3 Å². The van der Waals surface area contributed by atoms with E-state index in [0.29, 0.717) is 0 Å². The largest absolute Gasteiger partial charge is 0.459 e. The third-order valence-electron chi connectivity index (χ3n) is 3.00. The first-order chi connectivity index (χ1) is 9.36. The van der Waals surface area contributed by atoms with Gasteiger partial charge >= 0.3 is 0 Å². The zero-order valence-electron chi connectivity index (χ0n) is 10.6. The number of fused-ring (bicyclic) bond motifs is 1. The third kappa shape index (κ3) is 2.67. The Balaban J connectivity index is 1.77. The lowest BCUT2D eigenvalue weighted by Crippen LogP contribution is -2.18. The quantitative estimate of drug-likeness (QED) is 0.701. The van der Waals surface area contributed by atoms with Crippen LogP contribution in [0.3, 0.4) is 0 Å². The summed E-state index contributed by atoms with van der Waals surface area (Å²) in [4.78, 5) is 7.30. The summed E-state index contributed by atoms with van der Waals surface area (Å²) in [6.07, 6.45) is 3.59. The first kappa shape index (κ1) is 12.3. The molecule has 0 fully saturated rings. The Bertz CT molecular complexity index is 615. The van der Waals surface area contributed by atoms with E-state index in [4.69, 9.17) is 4.42 Å². The van der Waals surface area contributed by atoms with Crippen LogP contribution >= 0.6 is 11.8 Å². The maximum atomic E-state index is 5.88. The summed E-state index contributed by atoms with van der Waals surface area (Å²) in [6.45, 7) is 0. The zero-order valence-corrected chi connectivity index (χ0v) is 11.4. The second kappa shape index (κ2) is 5.50. The lowest BCUT2D eigenvalue weighted by molar-refractivity contribution is 0.479. The summed E-state index contributed by atoms with van der Waals surface area (Å²) >= 11 is 1.68. The van der Waals surface area contributed by atoms with Crippen molar-refractivity contribution in [3.8, 4) is 0 Å². The monoisotopic (exact) mass is 273 g/mol. The number of para-hydroxylation sites is 1. The highest BCUT2D eigenvalue weighted by molar-refractivity contribution is 7.99. The number of benzene rings is 1. The Morgan fingerprint density at radius 3 is 3.05 bits per heavy atom. The molecule has 0 saturated heterocycles. The van der Waals surface area contributed by atoms with E-state index in [1.165, 1.54) is 0 Å². The molecule has 3 aromatic rings. The first-order valence-corrected chi connectivity index (χ1v) is 7.13. The predicted molar refractivity (Wildman–Crippen MR) is 77.3 cm³/mol. The highest BCUT2D eigenvalue weighted by Gasteiger charge is 2.15. The molecule has 98 valence electrons. The number of furan rings is 1. The highest BCUT2D eigenvalue weighted by Crippen LogP contribution is 2.27. The van der Waals surface area contributed by atoms with Crippen LogP contribution in [0.25, 0.3) is 11.0 Å². The minimum atomic E-state index is 0.169. The maximum absolute atomic E-state index is 5.88. The van der Waals surface area contributed by atoms with Crippen molar-refractivity contribution in [1.29, 1.82) is 0 Å². The molecule has 0 aliphatic carbocycles. The molecule has 1 aromatic carbocycles. The predicted octanol–water partition coefficient (Wildman–Crippen LogP) is 3.21. The third-order valence-corrected chi connectivity index (χ3v) is 3.99. The van der Waals surface area contributed by atoms with Gasteiger partial charge in [0.2, 0.25) is 0 Å². The average Bonchev–Trinajstić information content (AvgIpc) is 3.08. The molecule has 0 amide bonds. The Morgan fingerprint density at radius 2 is 2.32 bits per heavy atom. The van der Waals surface area contributed by atoms with Gasteiger partial charge in [0.05, 0.1) is 6.04 Å². The molecule has 4 nitrogen and oxygen atoms in total. The van der Waals surface area contributed by atoms with Crippen molar-refractivity contribution in [2.45, 2.75) is 11.2 Å². The van der Waals surface area contributed by atoms with Crippen LogP contribution in [0.4, 0.5) is 0 Å². The normalized spacial score (nSPS) is 12.9. The van der Waals surface area contributed by atoms with Gasteiger partial charge in [0.15, 0.2) is 5.16 Å². The molecule has 0 spiro atoms. The molecule has 2 heterocycles. The number of thioether (sulfide) groups is 1. The van der Waals surface area contributed by atoms with E-state index in [-0.39, 0.29) is 6.04 Å². The van der Waals surface area contributed by atoms with Gasteiger partial charge in [0.25, 0.3) is 0 Å². The zero-order chi connectivity index (χ0) is 13.1.